The lowest BCUT2D eigenvalue weighted by Gasteiger charge is -2.04. The van der Waals surface area contributed by atoms with Crippen molar-refractivity contribution in [1.82, 2.24) is 15.0 Å². The summed E-state index contributed by atoms with van der Waals surface area (Å²) in [6.07, 6.45) is 5.31. The van der Waals surface area contributed by atoms with Crippen LogP contribution in [0.4, 0.5) is 5.95 Å². The Kier molecular flexibility index (Phi) is 5.14. The highest BCUT2D eigenvalue weighted by Gasteiger charge is 1.99. The van der Waals surface area contributed by atoms with Gasteiger partial charge < -0.3 is 10.1 Å². The van der Waals surface area contributed by atoms with Crippen LogP contribution in [0.3, 0.4) is 0 Å². The summed E-state index contributed by atoms with van der Waals surface area (Å²) in [4.78, 5) is 11.9. The van der Waals surface area contributed by atoms with Gasteiger partial charge in [-0.15, -0.1) is 0 Å². The molecule has 1 aromatic rings. The molecule has 0 bridgehead atoms. The van der Waals surface area contributed by atoms with Crippen molar-refractivity contribution >= 4 is 5.95 Å². The Labute approximate surface area is 89.6 Å². The average molecular weight is 208 g/mol. The second-order valence-electron chi connectivity index (χ2n) is 2.97. The SMILES string of the molecule is C=CCOc1ncnc(NCCCC)n1. The normalized spacial score (nSPS) is 9.67. The Bertz CT molecular complexity index is 303. The Morgan fingerprint density at radius 2 is 2.40 bits per heavy atom. The summed E-state index contributed by atoms with van der Waals surface area (Å²) in [5, 5.41) is 3.09. The van der Waals surface area contributed by atoms with Crippen molar-refractivity contribution in [3.8, 4) is 6.01 Å². The predicted molar refractivity (Wildman–Crippen MR) is 58.9 cm³/mol. The Hall–Kier alpha value is -1.65. The van der Waals surface area contributed by atoms with Gasteiger partial charge in [0.2, 0.25) is 5.95 Å². The summed E-state index contributed by atoms with van der Waals surface area (Å²) in [7, 11) is 0. The van der Waals surface area contributed by atoms with Gasteiger partial charge in [0, 0.05) is 6.54 Å². The van der Waals surface area contributed by atoms with Gasteiger partial charge in [-0.3, -0.25) is 0 Å². The molecule has 0 aliphatic heterocycles. The fourth-order valence-electron chi connectivity index (χ4n) is 0.946. The smallest absolute Gasteiger partial charge is 0.321 e. The Morgan fingerprint density at radius 3 is 3.13 bits per heavy atom. The van der Waals surface area contributed by atoms with Gasteiger partial charge in [0.15, 0.2) is 0 Å². The van der Waals surface area contributed by atoms with Gasteiger partial charge in [-0.1, -0.05) is 26.0 Å². The number of aromatic nitrogens is 3. The van der Waals surface area contributed by atoms with Crippen LogP contribution in [-0.2, 0) is 0 Å². The molecule has 0 unspecified atom stereocenters. The van der Waals surface area contributed by atoms with Crippen LogP contribution in [0, 0.1) is 0 Å². The van der Waals surface area contributed by atoms with E-state index in [1.807, 2.05) is 0 Å². The molecule has 0 aliphatic carbocycles. The highest BCUT2D eigenvalue weighted by atomic mass is 16.5. The molecule has 0 saturated carbocycles. The van der Waals surface area contributed by atoms with Crippen LogP contribution >= 0.6 is 0 Å². The number of rotatable bonds is 7. The number of nitrogens with one attached hydrogen (secondary N) is 1. The molecule has 0 radical (unpaired) electrons. The molecule has 0 spiro atoms. The summed E-state index contributed by atoms with van der Waals surface area (Å²) in [6.45, 7) is 6.94. The number of ether oxygens (including phenoxy) is 1. The maximum absolute atomic E-state index is 5.18. The molecule has 1 rings (SSSR count). The topological polar surface area (TPSA) is 59.9 Å². The first-order chi connectivity index (χ1) is 7.36. The standard InChI is InChI=1S/C10H16N4O/c1-3-5-6-11-9-12-8-13-10(14-9)15-7-4-2/h4,8H,2-3,5-7H2,1H3,(H,11,12,13,14). The van der Waals surface area contributed by atoms with Gasteiger partial charge in [0.1, 0.15) is 12.9 Å². The first kappa shape index (κ1) is 11.4. The Morgan fingerprint density at radius 1 is 1.53 bits per heavy atom. The minimum absolute atomic E-state index is 0.323. The lowest BCUT2D eigenvalue weighted by Crippen LogP contribution is -2.07. The number of unbranched alkanes of at least 4 members (excludes halogenated alkanes) is 1. The fraction of sp³-hybridized carbons (Fsp3) is 0.500. The number of hydrogen-bond donors (Lipinski definition) is 1. The predicted octanol–water partition coefficient (Wildman–Crippen LogP) is 1.65. The Balaban J connectivity index is 2.46. The third-order valence-corrected chi connectivity index (χ3v) is 1.69. The molecule has 0 saturated heterocycles. The summed E-state index contributed by atoms with van der Waals surface area (Å²) < 4.78 is 5.18. The summed E-state index contributed by atoms with van der Waals surface area (Å²) >= 11 is 0. The summed E-state index contributed by atoms with van der Waals surface area (Å²) in [5.74, 6) is 0.553. The number of hydrogen-bond acceptors (Lipinski definition) is 5. The number of nitrogens with zero attached hydrogens (tertiary/aromatic N) is 3. The molecular formula is C10H16N4O. The van der Waals surface area contributed by atoms with E-state index in [1.165, 1.54) is 6.33 Å². The summed E-state index contributed by atoms with van der Waals surface area (Å²) in [6, 6.07) is 0.323. The average Bonchev–Trinajstić information content (AvgIpc) is 2.27. The van der Waals surface area contributed by atoms with E-state index in [0.29, 0.717) is 18.6 Å². The van der Waals surface area contributed by atoms with E-state index in [0.717, 1.165) is 19.4 Å². The lowest BCUT2D eigenvalue weighted by molar-refractivity contribution is 0.332. The number of anilines is 1. The van der Waals surface area contributed by atoms with E-state index < -0.39 is 0 Å². The molecule has 1 aromatic heterocycles. The van der Waals surface area contributed by atoms with Crippen LogP contribution in [0.2, 0.25) is 0 Å². The molecule has 5 nitrogen and oxygen atoms in total. The quantitative estimate of drug-likeness (QED) is 0.545. The molecule has 0 aliphatic rings. The van der Waals surface area contributed by atoms with E-state index in [2.05, 4.69) is 33.8 Å². The van der Waals surface area contributed by atoms with Crippen LogP contribution in [0.25, 0.3) is 0 Å². The highest BCUT2D eigenvalue weighted by molar-refractivity contribution is 5.23. The van der Waals surface area contributed by atoms with E-state index in [-0.39, 0.29) is 0 Å². The van der Waals surface area contributed by atoms with E-state index in [1.54, 1.807) is 6.08 Å². The van der Waals surface area contributed by atoms with Crippen molar-refractivity contribution in [3.63, 3.8) is 0 Å². The molecular weight excluding hydrogens is 192 g/mol. The van der Waals surface area contributed by atoms with Crippen molar-refractivity contribution < 1.29 is 4.74 Å². The van der Waals surface area contributed by atoms with Gasteiger partial charge >= 0.3 is 6.01 Å². The molecule has 0 aromatic carbocycles. The molecule has 1 heterocycles. The van der Waals surface area contributed by atoms with Gasteiger partial charge in [-0.05, 0) is 6.42 Å². The van der Waals surface area contributed by atoms with Gasteiger partial charge in [0.25, 0.3) is 0 Å². The van der Waals surface area contributed by atoms with Crippen LogP contribution in [0.5, 0.6) is 6.01 Å². The van der Waals surface area contributed by atoms with Crippen molar-refractivity contribution in [2.45, 2.75) is 19.8 Å². The zero-order valence-electron chi connectivity index (χ0n) is 8.94. The molecule has 82 valence electrons. The third kappa shape index (κ3) is 4.39. The van der Waals surface area contributed by atoms with Gasteiger partial charge in [0.05, 0.1) is 0 Å². The largest absolute Gasteiger partial charge is 0.459 e. The molecule has 5 heteroatoms. The minimum Gasteiger partial charge on any atom is -0.459 e. The first-order valence-electron chi connectivity index (χ1n) is 5.03. The molecule has 0 atom stereocenters. The van der Waals surface area contributed by atoms with Crippen molar-refractivity contribution in [3.05, 3.63) is 19.0 Å². The molecule has 15 heavy (non-hydrogen) atoms. The highest BCUT2D eigenvalue weighted by Crippen LogP contribution is 2.04. The van der Waals surface area contributed by atoms with Crippen LogP contribution in [0.15, 0.2) is 19.0 Å². The summed E-state index contributed by atoms with van der Waals surface area (Å²) in [5.41, 5.74) is 0. The molecule has 1 N–H and O–H groups in total. The molecule has 0 amide bonds. The zero-order valence-corrected chi connectivity index (χ0v) is 8.94. The van der Waals surface area contributed by atoms with Crippen LogP contribution in [-0.4, -0.2) is 28.1 Å². The van der Waals surface area contributed by atoms with Gasteiger partial charge in [-0.25, -0.2) is 4.98 Å². The molecule has 0 fully saturated rings. The van der Waals surface area contributed by atoms with Crippen molar-refractivity contribution in [2.75, 3.05) is 18.5 Å². The minimum atomic E-state index is 0.323. The van der Waals surface area contributed by atoms with Crippen LogP contribution < -0.4 is 10.1 Å². The lowest BCUT2D eigenvalue weighted by atomic mass is 10.3. The van der Waals surface area contributed by atoms with E-state index in [4.69, 9.17) is 4.74 Å². The van der Waals surface area contributed by atoms with E-state index in [9.17, 15) is 0 Å². The second-order valence-corrected chi connectivity index (χ2v) is 2.97. The fourth-order valence-corrected chi connectivity index (χ4v) is 0.946. The third-order valence-electron chi connectivity index (χ3n) is 1.69. The monoisotopic (exact) mass is 208 g/mol. The van der Waals surface area contributed by atoms with Crippen molar-refractivity contribution in [1.29, 1.82) is 0 Å². The van der Waals surface area contributed by atoms with E-state index >= 15 is 0 Å². The second kappa shape index (κ2) is 6.75. The maximum atomic E-state index is 5.18. The maximum Gasteiger partial charge on any atom is 0.321 e. The zero-order chi connectivity index (χ0) is 10.9. The van der Waals surface area contributed by atoms with Crippen LogP contribution in [0.1, 0.15) is 19.8 Å². The first-order valence-corrected chi connectivity index (χ1v) is 5.03. The van der Waals surface area contributed by atoms with Crippen molar-refractivity contribution in [2.24, 2.45) is 0 Å². The van der Waals surface area contributed by atoms with Gasteiger partial charge in [-0.2, -0.15) is 9.97 Å².